The topological polar surface area (TPSA) is 21.3 Å². The minimum Gasteiger partial charge on any atom is -0.377 e. The number of rotatable bonds is 7. The van der Waals surface area contributed by atoms with Gasteiger partial charge in [0.05, 0.1) is 12.7 Å². The van der Waals surface area contributed by atoms with Gasteiger partial charge in [-0.2, -0.15) is 0 Å². The van der Waals surface area contributed by atoms with Gasteiger partial charge >= 0.3 is 0 Å². The predicted molar refractivity (Wildman–Crippen MR) is 67.6 cm³/mol. The van der Waals surface area contributed by atoms with Gasteiger partial charge in [-0.05, 0) is 32.1 Å². The summed E-state index contributed by atoms with van der Waals surface area (Å²) in [4.78, 5) is 0. The molecule has 0 heterocycles. The van der Waals surface area contributed by atoms with Crippen molar-refractivity contribution in [1.82, 2.24) is 5.32 Å². The lowest BCUT2D eigenvalue weighted by atomic mass is 9.98. The normalized spacial score (nSPS) is 24.6. The fourth-order valence-corrected chi connectivity index (χ4v) is 2.70. The molecule has 0 bridgehead atoms. The van der Waals surface area contributed by atoms with Gasteiger partial charge in [-0.3, -0.25) is 0 Å². The van der Waals surface area contributed by atoms with Gasteiger partial charge in [-0.25, -0.2) is 0 Å². The van der Waals surface area contributed by atoms with Crippen molar-refractivity contribution in [2.45, 2.75) is 70.4 Å². The molecular weight excluding hydrogens is 198 g/mol. The molecule has 0 aromatic carbocycles. The summed E-state index contributed by atoms with van der Waals surface area (Å²) >= 11 is 0. The molecule has 2 aliphatic rings. The number of ether oxygens (including phenoxy) is 1. The van der Waals surface area contributed by atoms with Crippen LogP contribution < -0.4 is 5.32 Å². The van der Waals surface area contributed by atoms with Crippen LogP contribution in [-0.2, 0) is 4.74 Å². The Morgan fingerprint density at radius 2 is 1.88 bits per heavy atom. The molecule has 0 saturated heterocycles. The monoisotopic (exact) mass is 225 g/mol. The van der Waals surface area contributed by atoms with Crippen LogP contribution in [0, 0.1) is 5.92 Å². The Morgan fingerprint density at radius 1 is 1.12 bits per heavy atom. The molecule has 0 amide bonds. The molecule has 2 aliphatic carbocycles. The van der Waals surface area contributed by atoms with Crippen molar-refractivity contribution in [1.29, 1.82) is 0 Å². The van der Waals surface area contributed by atoms with Crippen molar-refractivity contribution in [2.24, 2.45) is 5.92 Å². The first-order valence-corrected chi connectivity index (χ1v) is 7.19. The molecule has 0 radical (unpaired) electrons. The minimum absolute atomic E-state index is 0.564. The van der Waals surface area contributed by atoms with Crippen LogP contribution in [0.3, 0.4) is 0 Å². The fraction of sp³-hybridized carbons (Fsp3) is 1.00. The maximum absolute atomic E-state index is 5.89. The number of hydrogen-bond acceptors (Lipinski definition) is 2. The maximum Gasteiger partial charge on any atom is 0.0594 e. The van der Waals surface area contributed by atoms with E-state index in [1.54, 1.807) is 0 Å². The largest absolute Gasteiger partial charge is 0.377 e. The quantitative estimate of drug-likeness (QED) is 0.672. The van der Waals surface area contributed by atoms with Gasteiger partial charge in [0.15, 0.2) is 0 Å². The number of hydrogen-bond donors (Lipinski definition) is 1. The van der Waals surface area contributed by atoms with E-state index in [0.717, 1.165) is 19.1 Å². The lowest BCUT2D eigenvalue weighted by Crippen LogP contribution is -2.31. The second-order valence-corrected chi connectivity index (χ2v) is 5.67. The molecular formula is C14H27NO. The van der Waals surface area contributed by atoms with Gasteiger partial charge in [-0.1, -0.05) is 32.1 Å². The van der Waals surface area contributed by atoms with Crippen molar-refractivity contribution < 1.29 is 4.74 Å². The Labute approximate surface area is 100 Å². The Kier molecular flexibility index (Phi) is 5.11. The highest BCUT2D eigenvalue weighted by molar-refractivity contribution is 4.77. The van der Waals surface area contributed by atoms with Crippen molar-refractivity contribution in [3.8, 4) is 0 Å². The average molecular weight is 225 g/mol. The van der Waals surface area contributed by atoms with Gasteiger partial charge in [0, 0.05) is 12.6 Å². The third-order valence-electron chi connectivity index (χ3n) is 3.88. The van der Waals surface area contributed by atoms with Gasteiger partial charge in [0.1, 0.15) is 0 Å². The van der Waals surface area contributed by atoms with Crippen LogP contribution in [0.2, 0.25) is 0 Å². The first-order chi connectivity index (χ1) is 7.84. The highest BCUT2D eigenvalue weighted by Gasteiger charge is 2.23. The van der Waals surface area contributed by atoms with Gasteiger partial charge < -0.3 is 10.1 Å². The van der Waals surface area contributed by atoms with Crippen LogP contribution in [0.1, 0.15) is 58.3 Å². The standard InChI is InChI=1S/C14H27NO/c1-12(11-13-7-8-13)15-9-10-16-14-5-3-2-4-6-14/h12-15H,2-11H2,1H3. The van der Waals surface area contributed by atoms with Crippen molar-refractivity contribution in [3.63, 3.8) is 0 Å². The molecule has 2 rings (SSSR count). The highest BCUT2D eigenvalue weighted by Crippen LogP contribution is 2.33. The molecule has 1 unspecified atom stereocenters. The molecule has 2 saturated carbocycles. The molecule has 2 fully saturated rings. The first-order valence-electron chi connectivity index (χ1n) is 7.19. The van der Waals surface area contributed by atoms with Gasteiger partial charge in [-0.15, -0.1) is 0 Å². The maximum atomic E-state index is 5.89. The molecule has 1 atom stereocenters. The van der Waals surface area contributed by atoms with E-state index in [4.69, 9.17) is 4.74 Å². The van der Waals surface area contributed by atoms with E-state index in [-0.39, 0.29) is 0 Å². The second kappa shape index (κ2) is 6.61. The van der Waals surface area contributed by atoms with Crippen LogP contribution in [0.5, 0.6) is 0 Å². The summed E-state index contributed by atoms with van der Waals surface area (Å²) in [6, 6.07) is 0.683. The van der Waals surface area contributed by atoms with E-state index >= 15 is 0 Å². The smallest absolute Gasteiger partial charge is 0.0594 e. The van der Waals surface area contributed by atoms with Crippen LogP contribution in [-0.4, -0.2) is 25.3 Å². The van der Waals surface area contributed by atoms with E-state index in [9.17, 15) is 0 Å². The summed E-state index contributed by atoms with van der Waals surface area (Å²) in [6.07, 6.45) is 11.6. The van der Waals surface area contributed by atoms with Crippen LogP contribution in [0.25, 0.3) is 0 Å². The Balaban J connectivity index is 1.44. The zero-order valence-corrected chi connectivity index (χ0v) is 10.7. The van der Waals surface area contributed by atoms with Crippen molar-refractivity contribution >= 4 is 0 Å². The van der Waals surface area contributed by atoms with E-state index in [1.165, 1.54) is 51.4 Å². The highest BCUT2D eigenvalue weighted by atomic mass is 16.5. The predicted octanol–water partition coefficient (Wildman–Crippen LogP) is 3.11. The molecule has 1 N–H and O–H groups in total. The lowest BCUT2D eigenvalue weighted by Gasteiger charge is -2.22. The van der Waals surface area contributed by atoms with E-state index in [2.05, 4.69) is 12.2 Å². The Morgan fingerprint density at radius 3 is 2.56 bits per heavy atom. The average Bonchev–Trinajstić information content (AvgIpc) is 3.10. The van der Waals surface area contributed by atoms with Gasteiger partial charge in [0.25, 0.3) is 0 Å². The fourth-order valence-electron chi connectivity index (χ4n) is 2.70. The Hall–Kier alpha value is -0.0800. The zero-order valence-electron chi connectivity index (χ0n) is 10.7. The molecule has 0 aliphatic heterocycles. The minimum atomic E-state index is 0.564. The number of nitrogens with one attached hydrogen (secondary N) is 1. The molecule has 0 aromatic heterocycles. The molecule has 0 spiro atoms. The third-order valence-corrected chi connectivity index (χ3v) is 3.88. The van der Waals surface area contributed by atoms with E-state index in [1.807, 2.05) is 0 Å². The van der Waals surface area contributed by atoms with E-state index in [0.29, 0.717) is 12.1 Å². The second-order valence-electron chi connectivity index (χ2n) is 5.67. The zero-order chi connectivity index (χ0) is 11.2. The summed E-state index contributed by atoms with van der Waals surface area (Å²) in [5.41, 5.74) is 0. The van der Waals surface area contributed by atoms with Crippen LogP contribution >= 0.6 is 0 Å². The molecule has 0 aromatic rings. The molecule has 94 valence electrons. The van der Waals surface area contributed by atoms with Crippen molar-refractivity contribution in [3.05, 3.63) is 0 Å². The summed E-state index contributed by atoms with van der Waals surface area (Å²) in [6.45, 7) is 4.24. The van der Waals surface area contributed by atoms with Gasteiger partial charge in [0.2, 0.25) is 0 Å². The third kappa shape index (κ3) is 4.84. The molecule has 16 heavy (non-hydrogen) atoms. The SMILES string of the molecule is CC(CC1CC1)NCCOC1CCCCC1. The first kappa shape index (κ1) is 12.4. The lowest BCUT2D eigenvalue weighted by molar-refractivity contribution is 0.0294. The van der Waals surface area contributed by atoms with E-state index < -0.39 is 0 Å². The molecule has 2 heteroatoms. The van der Waals surface area contributed by atoms with Crippen LogP contribution in [0.15, 0.2) is 0 Å². The Bertz CT molecular complexity index is 185. The van der Waals surface area contributed by atoms with Crippen molar-refractivity contribution in [2.75, 3.05) is 13.2 Å². The molecule has 2 nitrogen and oxygen atoms in total. The summed E-state index contributed by atoms with van der Waals surface area (Å²) in [5.74, 6) is 1.03. The summed E-state index contributed by atoms with van der Waals surface area (Å²) in [7, 11) is 0. The van der Waals surface area contributed by atoms with Crippen LogP contribution in [0.4, 0.5) is 0 Å². The summed E-state index contributed by atoms with van der Waals surface area (Å²) < 4.78 is 5.89. The summed E-state index contributed by atoms with van der Waals surface area (Å²) in [5, 5.41) is 3.57.